The summed E-state index contributed by atoms with van der Waals surface area (Å²) in [5.74, 6) is 1.16. The Kier molecular flexibility index (Phi) is 7.46. The van der Waals surface area contributed by atoms with Gasteiger partial charge >= 0.3 is 0 Å². The molecule has 2 aromatic rings. The summed E-state index contributed by atoms with van der Waals surface area (Å²) in [6.07, 6.45) is 4.90. The van der Waals surface area contributed by atoms with Crippen LogP contribution in [0.1, 0.15) is 43.2 Å². The number of hydrogen-bond acceptors (Lipinski definition) is 3. The molecule has 0 N–H and O–H groups in total. The van der Waals surface area contributed by atoms with Crippen molar-refractivity contribution < 1.29 is 14.3 Å². The monoisotopic (exact) mass is 434 g/mol. The zero-order valence-electron chi connectivity index (χ0n) is 19.0. The Bertz CT molecular complexity index is 908. The highest BCUT2D eigenvalue weighted by atomic mass is 16.5. The number of piperidine rings is 2. The average molecular weight is 435 g/mol. The normalized spacial score (nSPS) is 21.3. The number of para-hydroxylation sites is 1. The Labute approximate surface area is 191 Å². The molecule has 0 saturated carbocycles. The van der Waals surface area contributed by atoms with E-state index in [2.05, 4.69) is 0 Å². The molecule has 5 heteroatoms. The third kappa shape index (κ3) is 5.70. The van der Waals surface area contributed by atoms with E-state index < -0.39 is 0 Å². The van der Waals surface area contributed by atoms with Gasteiger partial charge in [-0.2, -0.15) is 0 Å². The first kappa shape index (κ1) is 22.4. The van der Waals surface area contributed by atoms with Crippen molar-refractivity contribution in [2.45, 2.75) is 51.6 Å². The van der Waals surface area contributed by atoms with Gasteiger partial charge in [0.15, 0.2) is 0 Å². The van der Waals surface area contributed by atoms with Gasteiger partial charge in [-0.15, -0.1) is 0 Å². The summed E-state index contributed by atoms with van der Waals surface area (Å²) in [7, 11) is 0. The van der Waals surface area contributed by atoms with Gasteiger partial charge in [-0.3, -0.25) is 9.59 Å². The molecule has 170 valence electrons. The largest absolute Gasteiger partial charge is 0.490 e. The molecular weight excluding hydrogens is 400 g/mol. The molecule has 2 aliphatic rings. The maximum Gasteiger partial charge on any atom is 0.227 e. The van der Waals surface area contributed by atoms with E-state index in [1.165, 1.54) is 6.42 Å². The number of benzene rings is 2. The van der Waals surface area contributed by atoms with E-state index in [0.29, 0.717) is 25.9 Å². The Morgan fingerprint density at radius 3 is 2.34 bits per heavy atom. The van der Waals surface area contributed by atoms with Crippen molar-refractivity contribution in [3.63, 3.8) is 0 Å². The van der Waals surface area contributed by atoms with Gasteiger partial charge in [0.2, 0.25) is 11.8 Å². The van der Waals surface area contributed by atoms with Crippen molar-refractivity contribution in [1.29, 1.82) is 0 Å². The van der Waals surface area contributed by atoms with E-state index in [-0.39, 0.29) is 23.8 Å². The van der Waals surface area contributed by atoms with Gasteiger partial charge in [-0.1, -0.05) is 42.5 Å². The molecule has 0 aliphatic carbocycles. The number of likely N-dealkylation sites (tertiary alicyclic amines) is 2. The van der Waals surface area contributed by atoms with E-state index in [1.807, 2.05) is 71.3 Å². The highest BCUT2D eigenvalue weighted by Crippen LogP contribution is 2.27. The standard InChI is InChI=1S/C27H34N2O3/c1-21-10-6-7-11-22(21)18-27(31)29-17-14-25(32-24-12-4-2-5-13-24)23(20-29)19-26(30)28-15-8-3-9-16-28/h2,4-7,10-13,23,25H,3,8-9,14-20H2,1H3/t23-,25-/m0/s1. The Balaban J connectivity index is 1.44. The number of rotatable bonds is 6. The Morgan fingerprint density at radius 2 is 1.59 bits per heavy atom. The molecule has 32 heavy (non-hydrogen) atoms. The second-order valence-corrected chi connectivity index (χ2v) is 9.11. The lowest BCUT2D eigenvalue weighted by Gasteiger charge is -2.39. The van der Waals surface area contributed by atoms with Crippen molar-refractivity contribution in [3.05, 3.63) is 65.7 Å². The summed E-state index contributed by atoms with van der Waals surface area (Å²) in [5.41, 5.74) is 2.21. The summed E-state index contributed by atoms with van der Waals surface area (Å²) in [6.45, 7) is 4.98. The van der Waals surface area contributed by atoms with Gasteiger partial charge < -0.3 is 14.5 Å². The summed E-state index contributed by atoms with van der Waals surface area (Å²) in [6, 6.07) is 17.9. The first-order valence-corrected chi connectivity index (χ1v) is 11.9. The molecule has 0 unspecified atom stereocenters. The van der Waals surface area contributed by atoms with Crippen LogP contribution < -0.4 is 4.74 Å². The van der Waals surface area contributed by atoms with Crippen molar-refractivity contribution in [2.24, 2.45) is 5.92 Å². The predicted octanol–water partition coefficient (Wildman–Crippen LogP) is 4.24. The van der Waals surface area contributed by atoms with E-state index in [4.69, 9.17) is 4.74 Å². The first-order chi connectivity index (χ1) is 15.6. The smallest absolute Gasteiger partial charge is 0.227 e. The highest BCUT2D eigenvalue weighted by molar-refractivity contribution is 5.80. The minimum Gasteiger partial charge on any atom is -0.490 e. The molecule has 2 saturated heterocycles. The van der Waals surface area contributed by atoms with Crippen molar-refractivity contribution in [3.8, 4) is 5.75 Å². The zero-order chi connectivity index (χ0) is 22.3. The molecule has 4 rings (SSSR count). The molecule has 2 aromatic carbocycles. The summed E-state index contributed by atoms with van der Waals surface area (Å²) >= 11 is 0. The maximum atomic E-state index is 13.1. The van der Waals surface area contributed by atoms with Crippen LogP contribution in [-0.2, 0) is 16.0 Å². The third-order valence-corrected chi connectivity index (χ3v) is 6.80. The molecular formula is C27H34N2O3. The third-order valence-electron chi connectivity index (χ3n) is 6.80. The number of hydrogen-bond donors (Lipinski definition) is 0. The molecule has 2 atom stereocenters. The molecule has 2 heterocycles. The highest BCUT2D eigenvalue weighted by Gasteiger charge is 2.35. The van der Waals surface area contributed by atoms with E-state index in [9.17, 15) is 9.59 Å². The number of aryl methyl sites for hydroxylation is 1. The van der Waals surface area contributed by atoms with Crippen molar-refractivity contribution in [1.82, 2.24) is 9.80 Å². The number of amides is 2. The van der Waals surface area contributed by atoms with Gasteiger partial charge in [-0.05, 0) is 49.4 Å². The van der Waals surface area contributed by atoms with Crippen molar-refractivity contribution in [2.75, 3.05) is 26.2 Å². The molecule has 0 bridgehead atoms. The van der Waals surface area contributed by atoms with Crippen LogP contribution in [0.3, 0.4) is 0 Å². The molecule has 0 aromatic heterocycles. The Hall–Kier alpha value is -2.82. The second-order valence-electron chi connectivity index (χ2n) is 9.11. The minimum atomic E-state index is -0.0614. The fourth-order valence-electron chi connectivity index (χ4n) is 4.84. The van der Waals surface area contributed by atoms with E-state index in [1.54, 1.807) is 0 Å². The van der Waals surface area contributed by atoms with Crippen LogP contribution in [-0.4, -0.2) is 53.9 Å². The van der Waals surface area contributed by atoms with Gasteiger partial charge in [0, 0.05) is 44.9 Å². The SMILES string of the molecule is Cc1ccccc1CC(=O)N1CC[C@H](Oc2ccccc2)[C@@H](CC(=O)N2CCCCC2)C1. The summed E-state index contributed by atoms with van der Waals surface area (Å²) < 4.78 is 6.31. The fraction of sp³-hybridized carbons (Fsp3) is 0.481. The van der Waals surface area contributed by atoms with Gasteiger partial charge in [0.05, 0.1) is 6.42 Å². The van der Waals surface area contributed by atoms with E-state index in [0.717, 1.165) is 49.2 Å². The molecule has 2 amide bonds. The van der Waals surface area contributed by atoms with Gasteiger partial charge in [-0.25, -0.2) is 0 Å². The van der Waals surface area contributed by atoms with Gasteiger partial charge in [0.25, 0.3) is 0 Å². The molecule has 0 spiro atoms. The second kappa shape index (κ2) is 10.7. The fourth-order valence-corrected chi connectivity index (χ4v) is 4.84. The molecule has 2 aliphatic heterocycles. The van der Waals surface area contributed by atoms with Gasteiger partial charge in [0.1, 0.15) is 11.9 Å². The number of nitrogens with zero attached hydrogens (tertiary/aromatic N) is 2. The quantitative estimate of drug-likeness (QED) is 0.683. The molecule has 2 fully saturated rings. The summed E-state index contributed by atoms with van der Waals surface area (Å²) in [5, 5.41) is 0. The maximum absolute atomic E-state index is 13.1. The van der Waals surface area contributed by atoms with Crippen LogP contribution in [0.5, 0.6) is 5.75 Å². The zero-order valence-corrected chi connectivity index (χ0v) is 19.0. The number of ether oxygens (including phenoxy) is 1. The van der Waals surface area contributed by atoms with Crippen LogP contribution in [0.2, 0.25) is 0 Å². The number of carbonyl (C=O) groups is 2. The summed E-state index contributed by atoms with van der Waals surface area (Å²) in [4.78, 5) is 30.1. The lowest BCUT2D eigenvalue weighted by atomic mass is 9.90. The lowest BCUT2D eigenvalue weighted by Crippen LogP contribution is -2.50. The van der Waals surface area contributed by atoms with E-state index >= 15 is 0 Å². The van der Waals surface area contributed by atoms with Crippen molar-refractivity contribution >= 4 is 11.8 Å². The van der Waals surface area contributed by atoms with Crippen LogP contribution in [0, 0.1) is 12.8 Å². The average Bonchev–Trinajstić information content (AvgIpc) is 2.83. The molecule has 5 nitrogen and oxygen atoms in total. The van der Waals surface area contributed by atoms with Crippen LogP contribution >= 0.6 is 0 Å². The first-order valence-electron chi connectivity index (χ1n) is 11.9. The molecule has 0 radical (unpaired) electrons. The predicted molar refractivity (Wildman–Crippen MR) is 125 cm³/mol. The topological polar surface area (TPSA) is 49.9 Å². The van der Waals surface area contributed by atoms with Crippen LogP contribution in [0.4, 0.5) is 0 Å². The number of carbonyl (C=O) groups excluding carboxylic acids is 2. The van der Waals surface area contributed by atoms with Crippen LogP contribution in [0.25, 0.3) is 0 Å². The Morgan fingerprint density at radius 1 is 0.875 bits per heavy atom. The minimum absolute atomic E-state index is 0.000738. The lowest BCUT2D eigenvalue weighted by molar-refractivity contribution is -0.139. The van der Waals surface area contributed by atoms with Crippen LogP contribution in [0.15, 0.2) is 54.6 Å².